The Hall–Kier alpha value is -1.54. The predicted octanol–water partition coefficient (Wildman–Crippen LogP) is 3.82. The number of furan rings is 1. The zero-order valence-corrected chi connectivity index (χ0v) is 11.8. The van der Waals surface area contributed by atoms with Gasteiger partial charge >= 0.3 is 0 Å². The van der Waals surface area contributed by atoms with E-state index in [-0.39, 0.29) is 0 Å². The van der Waals surface area contributed by atoms with Crippen molar-refractivity contribution in [3.05, 3.63) is 60.1 Å². The van der Waals surface area contributed by atoms with E-state index in [0.717, 1.165) is 25.0 Å². The second-order valence-corrected chi connectivity index (χ2v) is 5.28. The Labute approximate surface area is 115 Å². The molecule has 2 unspecified atom stereocenters. The maximum atomic E-state index is 5.38. The van der Waals surface area contributed by atoms with Crippen LogP contribution >= 0.6 is 0 Å². The molecule has 0 bridgehead atoms. The lowest BCUT2D eigenvalue weighted by Crippen LogP contribution is -2.36. The highest BCUT2D eigenvalue weighted by atomic mass is 16.3. The molecule has 2 rings (SSSR count). The molecule has 0 spiro atoms. The fraction of sp³-hybridized carbons (Fsp3) is 0.412. The Morgan fingerprint density at radius 3 is 2.47 bits per heavy atom. The van der Waals surface area contributed by atoms with E-state index in [1.165, 1.54) is 5.56 Å². The van der Waals surface area contributed by atoms with Crippen LogP contribution in [0.1, 0.15) is 31.6 Å². The van der Waals surface area contributed by atoms with Crippen molar-refractivity contribution in [1.82, 2.24) is 5.32 Å². The zero-order chi connectivity index (χ0) is 13.5. The number of hydrogen-bond donors (Lipinski definition) is 1. The van der Waals surface area contributed by atoms with Crippen molar-refractivity contribution in [3.63, 3.8) is 0 Å². The van der Waals surface area contributed by atoms with Gasteiger partial charge in [0.05, 0.1) is 6.26 Å². The highest BCUT2D eigenvalue weighted by Crippen LogP contribution is 2.08. The summed E-state index contributed by atoms with van der Waals surface area (Å²) in [7, 11) is 0. The number of benzene rings is 1. The quantitative estimate of drug-likeness (QED) is 0.815. The lowest BCUT2D eigenvalue weighted by molar-refractivity contribution is 0.412. The Morgan fingerprint density at radius 1 is 1.00 bits per heavy atom. The number of nitrogens with one attached hydrogen (secondary N) is 1. The first kappa shape index (κ1) is 13.9. The third-order valence-corrected chi connectivity index (χ3v) is 3.37. The van der Waals surface area contributed by atoms with Gasteiger partial charge in [-0.3, -0.25) is 0 Å². The molecule has 19 heavy (non-hydrogen) atoms. The molecule has 2 atom stereocenters. The van der Waals surface area contributed by atoms with Crippen molar-refractivity contribution in [3.8, 4) is 0 Å². The van der Waals surface area contributed by atoms with Crippen molar-refractivity contribution in [1.29, 1.82) is 0 Å². The van der Waals surface area contributed by atoms with Crippen LogP contribution in [-0.4, -0.2) is 12.1 Å². The summed E-state index contributed by atoms with van der Waals surface area (Å²) in [6.45, 7) is 4.46. The van der Waals surface area contributed by atoms with E-state index >= 15 is 0 Å². The molecule has 2 aromatic rings. The molecule has 0 aliphatic carbocycles. The van der Waals surface area contributed by atoms with Gasteiger partial charge in [0.15, 0.2) is 0 Å². The molecule has 0 radical (unpaired) electrons. The minimum absolute atomic E-state index is 0.442. The molecule has 0 fully saturated rings. The number of aryl methyl sites for hydroxylation is 1. The largest absolute Gasteiger partial charge is 0.469 e. The normalized spacial score (nSPS) is 14.2. The van der Waals surface area contributed by atoms with Gasteiger partial charge in [0.2, 0.25) is 0 Å². The zero-order valence-electron chi connectivity index (χ0n) is 11.8. The van der Waals surface area contributed by atoms with Crippen LogP contribution in [0.5, 0.6) is 0 Å². The molecule has 2 nitrogen and oxygen atoms in total. The number of hydrogen-bond acceptors (Lipinski definition) is 2. The Morgan fingerprint density at radius 2 is 1.79 bits per heavy atom. The Kier molecular flexibility index (Phi) is 5.22. The van der Waals surface area contributed by atoms with Gasteiger partial charge in [0.25, 0.3) is 0 Å². The second-order valence-electron chi connectivity index (χ2n) is 5.28. The molecule has 2 heteroatoms. The van der Waals surface area contributed by atoms with Gasteiger partial charge in [-0.2, -0.15) is 0 Å². The highest BCUT2D eigenvalue weighted by Gasteiger charge is 2.09. The van der Waals surface area contributed by atoms with Crippen molar-refractivity contribution in [2.45, 2.75) is 45.2 Å². The van der Waals surface area contributed by atoms with Gasteiger partial charge in [-0.25, -0.2) is 0 Å². The lowest BCUT2D eigenvalue weighted by atomic mass is 10.1. The fourth-order valence-electron chi connectivity index (χ4n) is 2.39. The summed E-state index contributed by atoms with van der Waals surface area (Å²) in [5.74, 6) is 1.05. The highest BCUT2D eigenvalue weighted by molar-refractivity contribution is 5.14. The van der Waals surface area contributed by atoms with Gasteiger partial charge in [-0.1, -0.05) is 30.3 Å². The minimum atomic E-state index is 0.442. The smallest absolute Gasteiger partial charge is 0.105 e. The molecule has 102 valence electrons. The van der Waals surface area contributed by atoms with Gasteiger partial charge < -0.3 is 9.73 Å². The average Bonchev–Trinajstić information content (AvgIpc) is 2.90. The average molecular weight is 257 g/mol. The van der Waals surface area contributed by atoms with E-state index in [4.69, 9.17) is 4.42 Å². The standard InChI is InChI=1S/C17H23NO/c1-14(10-11-16-7-4-3-5-8-16)18-15(2)13-17-9-6-12-19-17/h3-9,12,14-15,18H,10-11,13H2,1-2H3. The molecule has 1 heterocycles. The molecular formula is C17H23NO. The summed E-state index contributed by atoms with van der Waals surface area (Å²) in [6, 6.07) is 15.6. The maximum absolute atomic E-state index is 5.38. The monoisotopic (exact) mass is 257 g/mol. The van der Waals surface area contributed by atoms with Crippen LogP contribution in [0.3, 0.4) is 0 Å². The first-order valence-electron chi connectivity index (χ1n) is 7.06. The fourth-order valence-corrected chi connectivity index (χ4v) is 2.39. The molecule has 0 saturated heterocycles. The molecule has 0 aliphatic rings. The van der Waals surface area contributed by atoms with E-state index < -0.39 is 0 Å². The molecule has 0 aliphatic heterocycles. The van der Waals surface area contributed by atoms with E-state index in [1.54, 1.807) is 6.26 Å². The van der Waals surface area contributed by atoms with E-state index in [2.05, 4.69) is 49.5 Å². The van der Waals surface area contributed by atoms with Gasteiger partial charge in [-0.05, 0) is 44.4 Å². The van der Waals surface area contributed by atoms with E-state index in [1.807, 2.05) is 12.1 Å². The summed E-state index contributed by atoms with van der Waals surface area (Å²) in [5, 5.41) is 3.63. The van der Waals surface area contributed by atoms with Gasteiger partial charge in [0, 0.05) is 18.5 Å². The number of rotatable bonds is 7. The van der Waals surface area contributed by atoms with Crippen LogP contribution in [0.15, 0.2) is 53.1 Å². The third kappa shape index (κ3) is 4.92. The van der Waals surface area contributed by atoms with Crippen molar-refractivity contribution >= 4 is 0 Å². The first-order valence-corrected chi connectivity index (χ1v) is 7.06. The minimum Gasteiger partial charge on any atom is -0.469 e. The van der Waals surface area contributed by atoms with E-state index in [0.29, 0.717) is 12.1 Å². The van der Waals surface area contributed by atoms with Crippen LogP contribution in [0.2, 0.25) is 0 Å². The molecule has 0 saturated carbocycles. The van der Waals surface area contributed by atoms with Gasteiger partial charge in [0.1, 0.15) is 5.76 Å². The topological polar surface area (TPSA) is 25.2 Å². The third-order valence-electron chi connectivity index (χ3n) is 3.37. The molecule has 1 N–H and O–H groups in total. The Balaban J connectivity index is 1.70. The van der Waals surface area contributed by atoms with Crippen LogP contribution < -0.4 is 5.32 Å². The lowest BCUT2D eigenvalue weighted by Gasteiger charge is -2.19. The summed E-state index contributed by atoms with van der Waals surface area (Å²) in [6.07, 6.45) is 4.97. The van der Waals surface area contributed by atoms with Crippen LogP contribution in [-0.2, 0) is 12.8 Å². The van der Waals surface area contributed by atoms with Crippen molar-refractivity contribution < 1.29 is 4.42 Å². The maximum Gasteiger partial charge on any atom is 0.105 e. The summed E-state index contributed by atoms with van der Waals surface area (Å²) in [5.41, 5.74) is 1.41. The molecular weight excluding hydrogens is 234 g/mol. The first-order chi connectivity index (χ1) is 9.24. The predicted molar refractivity (Wildman–Crippen MR) is 79.2 cm³/mol. The summed E-state index contributed by atoms with van der Waals surface area (Å²) < 4.78 is 5.38. The van der Waals surface area contributed by atoms with Crippen LogP contribution in [0.25, 0.3) is 0 Å². The van der Waals surface area contributed by atoms with Gasteiger partial charge in [-0.15, -0.1) is 0 Å². The molecule has 1 aromatic carbocycles. The molecule has 1 aromatic heterocycles. The SMILES string of the molecule is CC(CCc1ccccc1)NC(C)Cc1ccco1. The van der Waals surface area contributed by atoms with E-state index in [9.17, 15) is 0 Å². The summed E-state index contributed by atoms with van der Waals surface area (Å²) >= 11 is 0. The van der Waals surface area contributed by atoms with Crippen molar-refractivity contribution in [2.75, 3.05) is 0 Å². The van der Waals surface area contributed by atoms with Crippen LogP contribution in [0, 0.1) is 0 Å². The van der Waals surface area contributed by atoms with Crippen molar-refractivity contribution in [2.24, 2.45) is 0 Å². The van der Waals surface area contributed by atoms with Crippen LogP contribution in [0.4, 0.5) is 0 Å². The Bertz CT molecular complexity index is 449. The second kappa shape index (κ2) is 7.15. The summed E-state index contributed by atoms with van der Waals surface area (Å²) in [4.78, 5) is 0. The molecule has 0 amide bonds.